The minimum Gasteiger partial charge on any atom is -0.479 e. The minimum absolute atomic E-state index is 0.0196. The summed E-state index contributed by atoms with van der Waals surface area (Å²) in [5, 5.41) is 18.5. The van der Waals surface area contributed by atoms with Crippen LogP contribution in [0, 0.1) is 0 Å². The van der Waals surface area contributed by atoms with E-state index in [0.717, 1.165) is 0 Å². The van der Waals surface area contributed by atoms with E-state index in [1.54, 1.807) is 13.8 Å². The molecule has 21 heavy (non-hydrogen) atoms. The highest BCUT2D eigenvalue weighted by atomic mass is 79.9. The number of carbonyl (C=O) groups excluding carboxylic acids is 2. The van der Waals surface area contributed by atoms with Gasteiger partial charge in [0.2, 0.25) is 0 Å². The molecule has 0 bridgehead atoms. The van der Waals surface area contributed by atoms with Crippen LogP contribution in [0.15, 0.2) is 18.2 Å². The Morgan fingerprint density at radius 3 is 2.29 bits per heavy atom. The van der Waals surface area contributed by atoms with Crippen molar-refractivity contribution in [3.05, 3.63) is 34.9 Å². The van der Waals surface area contributed by atoms with Crippen LogP contribution in [0.3, 0.4) is 0 Å². The Hall–Kier alpha value is -1.73. The molecule has 0 aliphatic heterocycles. The Bertz CT molecular complexity index is 567. The lowest BCUT2D eigenvalue weighted by atomic mass is 9.98. The van der Waals surface area contributed by atoms with E-state index in [1.807, 2.05) is 0 Å². The van der Waals surface area contributed by atoms with Gasteiger partial charge in [-0.15, -0.1) is 0 Å². The molecular formula is C14H15BrO6. The number of Topliss-reactive ketones (excluding diaryl/α,β-unsaturated/α-hetero) is 1. The van der Waals surface area contributed by atoms with E-state index in [9.17, 15) is 19.5 Å². The molecule has 0 spiro atoms. The van der Waals surface area contributed by atoms with Crippen LogP contribution in [0.4, 0.5) is 0 Å². The number of benzene rings is 1. The molecule has 1 aromatic rings. The number of ketones is 1. The molecule has 7 heteroatoms. The van der Waals surface area contributed by atoms with Gasteiger partial charge < -0.3 is 14.9 Å². The van der Waals surface area contributed by atoms with Gasteiger partial charge in [0.05, 0.1) is 17.0 Å². The quantitative estimate of drug-likeness (QED) is 0.457. The Morgan fingerprint density at radius 2 is 1.81 bits per heavy atom. The third kappa shape index (κ3) is 4.37. The molecule has 1 aromatic carbocycles. The summed E-state index contributed by atoms with van der Waals surface area (Å²) < 4.78 is 4.83. The second-order valence-electron chi connectivity index (χ2n) is 4.29. The molecule has 2 unspecified atom stereocenters. The predicted molar refractivity (Wildman–Crippen MR) is 77.7 cm³/mol. The average molecular weight is 359 g/mol. The van der Waals surface area contributed by atoms with Gasteiger partial charge >= 0.3 is 11.9 Å². The molecule has 2 N–H and O–H groups in total. The highest BCUT2D eigenvalue weighted by Crippen LogP contribution is 2.21. The lowest BCUT2D eigenvalue weighted by Crippen LogP contribution is -2.16. The van der Waals surface area contributed by atoms with E-state index in [4.69, 9.17) is 9.84 Å². The third-order valence-electron chi connectivity index (χ3n) is 2.66. The molecule has 0 heterocycles. The number of carboxylic acids is 1. The number of esters is 1. The van der Waals surface area contributed by atoms with Crippen LogP contribution in [0.2, 0.25) is 0 Å². The molecule has 0 radical (unpaired) electrons. The second-order valence-corrected chi connectivity index (χ2v) is 5.66. The van der Waals surface area contributed by atoms with Crippen molar-refractivity contribution < 1.29 is 29.3 Å². The highest BCUT2D eigenvalue weighted by Gasteiger charge is 2.22. The molecule has 0 saturated carbocycles. The van der Waals surface area contributed by atoms with Crippen LogP contribution < -0.4 is 0 Å². The number of hydrogen-bond donors (Lipinski definition) is 2. The third-order valence-corrected chi connectivity index (χ3v) is 3.08. The van der Waals surface area contributed by atoms with Gasteiger partial charge in [-0.2, -0.15) is 0 Å². The largest absolute Gasteiger partial charge is 0.479 e. The number of aliphatic hydroxyl groups excluding tert-OH is 1. The van der Waals surface area contributed by atoms with Crippen molar-refractivity contribution in [2.24, 2.45) is 0 Å². The average Bonchev–Trinajstić information content (AvgIpc) is 2.45. The molecule has 1 rings (SSSR count). The Morgan fingerprint density at radius 1 is 1.24 bits per heavy atom. The van der Waals surface area contributed by atoms with Crippen molar-refractivity contribution >= 4 is 33.7 Å². The zero-order valence-electron chi connectivity index (χ0n) is 11.5. The standard InChI is InChI=1S/C14H15BrO6/c1-3-21-14(20)10-5-8(11(16)7(2)15)4-9(6-10)12(17)13(18)19/h4-7,12,17H,3H2,1-2H3,(H,18,19). The van der Waals surface area contributed by atoms with E-state index in [0.29, 0.717) is 0 Å². The van der Waals surface area contributed by atoms with Gasteiger partial charge in [0.1, 0.15) is 0 Å². The van der Waals surface area contributed by atoms with Crippen molar-refractivity contribution in [1.29, 1.82) is 0 Å². The van der Waals surface area contributed by atoms with Gasteiger partial charge in [0.15, 0.2) is 11.9 Å². The second kappa shape index (κ2) is 7.33. The zero-order valence-corrected chi connectivity index (χ0v) is 13.1. The summed E-state index contributed by atoms with van der Waals surface area (Å²) in [6.07, 6.45) is -1.82. The predicted octanol–water partition coefficient (Wildman–Crippen LogP) is 1.95. The van der Waals surface area contributed by atoms with E-state index in [1.165, 1.54) is 18.2 Å². The summed E-state index contributed by atoms with van der Waals surface area (Å²) in [5.41, 5.74) is 0.0935. The molecule has 0 amide bonds. The van der Waals surface area contributed by atoms with Crippen molar-refractivity contribution in [3.63, 3.8) is 0 Å². The first-order chi connectivity index (χ1) is 9.77. The number of halogens is 1. The summed E-state index contributed by atoms with van der Waals surface area (Å²) >= 11 is 3.11. The number of aliphatic carboxylic acids is 1. The van der Waals surface area contributed by atoms with E-state index in [-0.39, 0.29) is 29.1 Å². The fourth-order valence-electron chi connectivity index (χ4n) is 1.66. The first-order valence-corrected chi connectivity index (χ1v) is 7.10. The van der Waals surface area contributed by atoms with Crippen molar-refractivity contribution in [2.75, 3.05) is 6.61 Å². The summed E-state index contributed by atoms with van der Waals surface area (Å²) in [7, 11) is 0. The van der Waals surface area contributed by atoms with Gasteiger partial charge in [0.25, 0.3) is 0 Å². The van der Waals surface area contributed by atoms with Crippen molar-refractivity contribution in [1.82, 2.24) is 0 Å². The van der Waals surface area contributed by atoms with Gasteiger partial charge in [-0.25, -0.2) is 9.59 Å². The van der Waals surface area contributed by atoms with Crippen molar-refractivity contribution in [3.8, 4) is 0 Å². The normalized spacial score (nSPS) is 13.3. The maximum atomic E-state index is 12.0. The van der Waals surface area contributed by atoms with Gasteiger partial charge in [-0.05, 0) is 37.6 Å². The van der Waals surface area contributed by atoms with Crippen molar-refractivity contribution in [2.45, 2.75) is 24.8 Å². The first-order valence-electron chi connectivity index (χ1n) is 6.19. The number of alkyl halides is 1. The number of carboxylic acid groups (broad SMARTS) is 1. The molecule has 0 saturated heterocycles. The lowest BCUT2D eigenvalue weighted by Gasteiger charge is -2.12. The first kappa shape index (κ1) is 17.3. The molecule has 2 atom stereocenters. The molecule has 114 valence electrons. The van der Waals surface area contributed by atoms with Crippen LogP contribution in [-0.2, 0) is 9.53 Å². The topological polar surface area (TPSA) is 101 Å². The fourth-order valence-corrected chi connectivity index (χ4v) is 1.92. The number of hydrogen-bond acceptors (Lipinski definition) is 5. The van der Waals surface area contributed by atoms with E-state index in [2.05, 4.69) is 15.9 Å². The minimum atomic E-state index is -1.82. The SMILES string of the molecule is CCOC(=O)c1cc(C(=O)C(C)Br)cc(C(O)C(=O)O)c1. The Labute approximate surface area is 129 Å². The number of carbonyl (C=O) groups is 3. The van der Waals surface area contributed by atoms with Crippen LogP contribution in [0.25, 0.3) is 0 Å². The van der Waals surface area contributed by atoms with Gasteiger partial charge in [0, 0.05) is 5.56 Å². The van der Waals surface area contributed by atoms with Crippen LogP contribution in [0.1, 0.15) is 46.2 Å². The Kier molecular flexibility index (Phi) is 6.04. The fraction of sp³-hybridized carbons (Fsp3) is 0.357. The summed E-state index contributed by atoms with van der Waals surface area (Å²) in [6, 6.07) is 3.77. The van der Waals surface area contributed by atoms with E-state index < -0.39 is 22.9 Å². The van der Waals surface area contributed by atoms with Crippen LogP contribution >= 0.6 is 15.9 Å². The maximum Gasteiger partial charge on any atom is 0.338 e. The number of ether oxygens (including phenoxy) is 1. The molecule has 0 fully saturated rings. The lowest BCUT2D eigenvalue weighted by molar-refractivity contribution is -0.146. The molecule has 0 aliphatic rings. The summed E-state index contributed by atoms with van der Waals surface area (Å²) in [4.78, 5) is 34.1. The van der Waals surface area contributed by atoms with Gasteiger partial charge in [-0.1, -0.05) is 15.9 Å². The Balaban J connectivity index is 3.35. The van der Waals surface area contributed by atoms with Crippen LogP contribution in [0.5, 0.6) is 0 Å². The monoisotopic (exact) mass is 358 g/mol. The van der Waals surface area contributed by atoms with E-state index >= 15 is 0 Å². The zero-order chi connectivity index (χ0) is 16.2. The molecule has 6 nitrogen and oxygen atoms in total. The maximum absolute atomic E-state index is 12.0. The highest BCUT2D eigenvalue weighted by molar-refractivity contribution is 9.10. The number of aliphatic hydroxyl groups is 1. The van der Waals surface area contributed by atoms with Crippen LogP contribution in [-0.4, -0.2) is 39.4 Å². The molecule has 0 aromatic heterocycles. The smallest absolute Gasteiger partial charge is 0.338 e. The number of rotatable bonds is 6. The van der Waals surface area contributed by atoms with Gasteiger partial charge in [-0.3, -0.25) is 4.79 Å². The summed E-state index contributed by atoms with van der Waals surface area (Å²) in [6.45, 7) is 3.37. The summed E-state index contributed by atoms with van der Waals surface area (Å²) in [5.74, 6) is -2.49. The molecule has 0 aliphatic carbocycles. The molecular weight excluding hydrogens is 344 g/mol.